The highest BCUT2D eigenvalue weighted by molar-refractivity contribution is 7.80. The predicted molar refractivity (Wildman–Crippen MR) is 124 cm³/mol. The fourth-order valence-electron chi connectivity index (χ4n) is 4.43. The van der Waals surface area contributed by atoms with E-state index in [1.54, 1.807) is 12.1 Å². The summed E-state index contributed by atoms with van der Waals surface area (Å²) in [4.78, 5) is 18.6. The van der Waals surface area contributed by atoms with Gasteiger partial charge in [-0.05, 0) is 81.0 Å². The Labute approximate surface area is 187 Å². The fraction of sp³-hybridized carbons (Fsp3) is 0.292. The zero-order valence-corrected chi connectivity index (χ0v) is 18.9. The van der Waals surface area contributed by atoms with Gasteiger partial charge in [0.25, 0.3) is 0 Å². The maximum absolute atomic E-state index is 11.8. The lowest BCUT2D eigenvalue weighted by Gasteiger charge is -2.27. The summed E-state index contributed by atoms with van der Waals surface area (Å²) in [5, 5.41) is 4.22. The molecule has 1 N–H and O–H groups in total. The molecule has 1 aromatic carbocycles. The number of likely N-dealkylation sites (N-methyl/N-ethyl adjacent to an activating group) is 1. The smallest absolute Gasteiger partial charge is 0.337 e. The van der Waals surface area contributed by atoms with E-state index in [1.165, 1.54) is 12.7 Å². The van der Waals surface area contributed by atoms with Crippen molar-refractivity contribution in [1.29, 1.82) is 0 Å². The second kappa shape index (κ2) is 8.51. The van der Waals surface area contributed by atoms with Gasteiger partial charge in [0.1, 0.15) is 0 Å². The highest BCUT2D eigenvalue weighted by Gasteiger charge is 2.40. The Morgan fingerprint density at radius 1 is 1.19 bits per heavy atom. The minimum absolute atomic E-state index is 0.0238. The number of methoxy groups -OCH3 is 1. The number of nitrogens with one attached hydrogen (secondary N) is 1. The second-order valence-corrected chi connectivity index (χ2v) is 8.00. The van der Waals surface area contributed by atoms with Crippen molar-refractivity contribution in [2.75, 3.05) is 13.7 Å². The summed E-state index contributed by atoms with van der Waals surface area (Å²) >= 11 is 5.66. The van der Waals surface area contributed by atoms with Gasteiger partial charge in [-0.25, -0.2) is 4.79 Å². The molecule has 1 aliphatic rings. The molecule has 3 heterocycles. The monoisotopic (exact) mass is 434 g/mol. The third-order valence-corrected chi connectivity index (χ3v) is 6.23. The molecular weight excluding hydrogens is 408 g/mol. The van der Waals surface area contributed by atoms with E-state index in [9.17, 15) is 4.79 Å². The molecule has 1 fully saturated rings. The molecule has 0 aliphatic carbocycles. The van der Waals surface area contributed by atoms with Gasteiger partial charge < -0.3 is 19.5 Å². The van der Waals surface area contributed by atoms with Crippen LogP contribution < -0.4 is 5.32 Å². The first-order valence-corrected chi connectivity index (χ1v) is 10.7. The van der Waals surface area contributed by atoms with E-state index in [-0.39, 0.29) is 18.1 Å². The molecule has 1 aliphatic heterocycles. The average Bonchev–Trinajstić information content (AvgIpc) is 3.28. The molecule has 2 aromatic heterocycles. The number of benzene rings is 1. The highest BCUT2D eigenvalue weighted by atomic mass is 32.1. The summed E-state index contributed by atoms with van der Waals surface area (Å²) in [6.45, 7) is 7.14. The van der Waals surface area contributed by atoms with Crippen LogP contribution >= 0.6 is 12.2 Å². The number of aromatic nitrogens is 2. The van der Waals surface area contributed by atoms with Crippen LogP contribution in [0.3, 0.4) is 0 Å². The van der Waals surface area contributed by atoms with Gasteiger partial charge in [-0.2, -0.15) is 0 Å². The summed E-state index contributed by atoms with van der Waals surface area (Å²) in [5.41, 5.74) is 5.97. The normalized spacial score (nSPS) is 18.2. The van der Waals surface area contributed by atoms with Crippen LogP contribution in [0.2, 0.25) is 0 Å². The number of ether oxygens (including phenoxy) is 1. The van der Waals surface area contributed by atoms with Gasteiger partial charge in [0, 0.05) is 29.8 Å². The molecule has 0 radical (unpaired) electrons. The quantitative estimate of drug-likeness (QED) is 0.478. The second-order valence-electron chi connectivity index (χ2n) is 7.61. The van der Waals surface area contributed by atoms with Crippen LogP contribution in [0.25, 0.3) is 5.69 Å². The average molecular weight is 435 g/mol. The van der Waals surface area contributed by atoms with Crippen LogP contribution in [0.1, 0.15) is 52.0 Å². The summed E-state index contributed by atoms with van der Waals surface area (Å²) < 4.78 is 7.02. The molecule has 4 rings (SSSR count). The van der Waals surface area contributed by atoms with Crippen LogP contribution in [0.4, 0.5) is 0 Å². The molecule has 1 saturated heterocycles. The number of aryl methyl sites for hydroxylation is 1. The minimum atomic E-state index is -0.337. The van der Waals surface area contributed by atoms with Crippen molar-refractivity contribution in [1.82, 2.24) is 19.8 Å². The number of rotatable bonds is 5. The van der Waals surface area contributed by atoms with Crippen LogP contribution in [-0.2, 0) is 4.74 Å². The predicted octanol–water partition coefficient (Wildman–Crippen LogP) is 4.27. The van der Waals surface area contributed by atoms with Crippen molar-refractivity contribution in [2.45, 2.75) is 32.9 Å². The number of hydrogen-bond acceptors (Lipinski definition) is 4. The van der Waals surface area contributed by atoms with Gasteiger partial charge >= 0.3 is 5.97 Å². The van der Waals surface area contributed by atoms with E-state index in [0.29, 0.717) is 5.56 Å². The van der Waals surface area contributed by atoms with E-state index in [1.807, 2.05) is 36.5 Å². The minimum Gasteiger partial charge on any atom is -0.465 e. The van der Waals surface area contributed by atoms with Gasteiger partial charge in [-0.3, -0.25) is 4.98 Å². The third-order valence-electron chi connectivity index (χ3n) is 5.87. The summed E-state index contributed by atoms with van der Waals surface area (Å²) in [7, 11) is 1.39. The van der Waals surface area contributed by atoms with Crippen LogP contribution in [0, 0.1) is 13.8 Å². The molecule has 0 unspecified atom stereocenters. The van der Waals surface area contributed by atoms with Gasteiger partial charge in [0.05, 0.1) is 30.5 Å². The summed E-state index contributed by atoms with van der Waals surface area (Å²) in [6.07, 6.45) is 1.82. The number of esters is 1. The molecule has 0 spiro atoms. The Morgan fingerprint density at radius 2 is 1.94 bits per heavy atom. The Hall–Kier alpha value is -3.19. The molecule has 0 amide bonds. The van der Waals surface area contributed by atoms with Crippen LogP contribution in [0.5, 0.6) is 0 Å². The molecule has 2 atom stereocenters. The lowest BCUT2D eigenvalue weighted by atomic mass is 9.97. The van der Waals surface area contributed by atoms with Gasteiger partial charge in [0.2, 0.25) is 0 Å². The number of pyridine rings is 1. The maximum Gasteiger partial charge on any atom is 0.337 e. The number of carbonyl (C=O) groups excluding carboxylic acids is 1. The van der Waals surface area contributed by atoms with E-state index in [2.05, 4.69) is 46.6 Å². The lowest BCUT2D eigenvalue weighted by Crippen LogP contribution is -2.29. The van der Waals surface area contributed by atoms with Crippen molar-refractivity contribution in [3.63, 3.8) is 0 Å². The Balaban J connectivity index is 1.77. The molecule has 3 aromatic rings. The lowest BCUT2D eigenvalue weighted by molar-refractivity contribution is 0.0600. The molecule has 6 nitrogen and oxygen atoms in total. The van der Waals surface area contributed by atoms with Crippen molar-refractivity contribution in [2.24, 2.45) is 0 Å². The summed E-state index contributed by atoms with van der Waals surface area (Å²) in [6, 6.07) is 15.7. The molecule has 0 saturated carbocycles. The highest BCUT2D eigenvalue weighted by Crippen LogP contribution is 2.41. The zero-order valence-electron chi connectivity index (χ0n) is 18.1. The Kier molecular flexibility index (Phi) is 5.78. The van der Waals surface area contributed by atoms with Crippen molar-refractivity contribution in [3.05, 3.63) is 82.9 Å². The maximum atomic E-state index is 11.8. The van der Waals surface area contributed by atoms with Crippen molar-refractivity contribution in [3.8, 4) is 5.69 Å². The van der Waals surface area contributed by atoms with E-state index >= 15 is 0 Å². The van der Waals surface area contributed by atoms with Crippen molar-refractivity contribution >= 4 is 23.3 Å². The first-order chi connectivity index (χ1) is 15.0. The number of thiocarbonyl (C=S) groups is 1. The van der Waals surface area contributed by atoms with E-state index in [4.69, 9.17) is 17.0 Å². The number of carbonyl (C=O) groups is 1. The summed E-state index contributed by atoms with van der Waals surface area (Å²) in [5.74, 6) is -0.337. The Bertz CT molecular complexity index is 1110. The molecule has 31 heavy (non-hydrogen) atoms. The molecular formula is C24H26N4O2S. The standard InChI is InChI=1S/C24H26N4O2S/c1-5-27-22(21(26-24(27)31)20-8-6-7-13-25-20)19-14-15(2)28(16(19)3)18-11-9-17(10-12-18)23(29)30-4/h6-14,21-22H,5H2,1-4H3,(H,26,31)/t21-,22+/m1/s1. The fourth-order valence-corrected chi connectivity index (χ4v) is 4.80. The molecule has 0 bridgehead atoms. The number of nitrogens with zero attached hydrogens (tertiary/aromatic N) is 3. The molecule has 7 heteroatoms. The third kappa shape index (κ3) is 3.70. The van der Waals surface area contributed by atoms with Crippen LogP contribution in [0.15, 0.2) is 54.7 Å². The first kappa shape index (κ1) is 21.1. The topological polar surface area (TPSA) is 59.4 Å². The largest absolute Gasteiger partial charge is 0.465 e. The number of hydrogen-bond donors (Lipinski definition) is 1. The van der Waals surface area contributed by atoms with Crippen molar-refractivity contribution < 1.29 is 9.53 Å². The van der Waals surface area contributed by atoms with E-state index in [0.717, 1.165) is 34.4 Å². The molecule has 160 valence electrons. The first-order valence-electron chi connectivity index (χ1n) is 10.3. The van der Waals surface area contributed by atoms with Crippen LogP contribution in [-0.4, -0.2) is 39.2 Å². The van der Waals surface area contributed by atoms with Gasteiger partial charge in [-0.1, -0.05) is 6.07 Å². The Morgan fingerprint density at radius 3 is 2.55 bits per heavy atom. The van der Waals surface area contributed by atoms with Gasteiger partial charge in [0.15, 0.2) is 5.11 Å². The SMILES string of the molecule is CCN1C(=S)N[C@H](c2ccccn2)[C@@H]1c1cc(C)n(-c2ccc(C(=O)OC)cc2)c1C. The van der Waals surface area contributed by atoms with E-state index < -0.39 is 0 Å². The zero-order chi connectivity index (χ0) is 22.1. The van der Waals surface area contributed by atoms with Gasteiger partial charge in [-0.15, -0.1) is 0 Å².